The highest BCUT2D eigenvalue weighted by Gasteiger charge is 2.33. The Hall–Kier alpha value is -1.47. The van der Waals surface area contributed by atoms with Gasteiger partial charge in [0.05, 0.1) is 14.2 Å². The molecule has 0 aliphatic heterocycles. The molecule has 2 N–H and O–H groups in total. The van der Waals surface area contributed by atoms with E-state index >= 15 is 0 Å². The van der Waals surface area contributed by atoms with Crippen molar-refractivity contribution in [3.63, 3.8) is 0 Å². The maximum Gasteiger partial charge on any atom is 0.298 e. The molecule has 0 saturated carbocycles. The van der Waals surface area contributed by atoms with Crippen molar-refractivity contribution in [1.82, 2.24) is 0 Å². The summed E-state index contributed by atoms with van der Waals surface area (Å²) in [6, 6.07) is 0. The van der Waals surface area contributed by atoms with E-state index in [1.54, 1.807) is 0 Å². The number of phenolic OH excluding ortho intramolecular Hbond substituents is 1. The summed E-state index contributed by atoms with van der Waals surface area (Å²) in [6.45, 7) is 5.83. The lowest BCUT2D eigenvalue weighted by atomic mass is 9.87. The molecule has 1 aromatic carbocycles. The van der Waals surface area contributed by atoms with E-state index < -0.39 is 20.8 Å². The fraction of sp³-hybridized carbons (Fsp3) is 0.625. The molecule has 1 rings (SSSR count). The van der Waals surface area contributed by atoms with Crippen LogP contribution in [0.15, 0.2) is 4.90 Å². The zero-order chi connectivity index (χ0) is 17.8. The fourth-order valence-electron chi connectivity index (χ4n) is 3.03. The van der Waals surface area contributed by atoms with Crippen LogP contribution in [0.2, 0.25) is 0 Å². The molecular weight excluding hydrogens is 320 g/mol. The number of hydrogen-bond acceptors (Lipinski definition) is 5. The summed E-state index contributed by atoms with van der Waals surface area (Å²) >= 11 is 0. The molecule has 0 unspecified atom stereocenters. The molecule has 0 saturated heterocycles. The number of rotatable bonds is 8. The Bertz CT molecular complexity index is 647. The van der Waals surface area contributed by atoms with Crippen LogP contribution in [0.1, 0.15) is 57.1 Å². The second-order valence-electron chi connectivity index (χ2n) is 5.37. The number of benzene rings is 1. The molecule has 1 aromatic rings. The zero-order valence-corrected chi connectivity index (χ0v) is 15.2. The second kappa shape index (κ2) is 7.88. The van der Waals surface area contributed by atoms with E-state index in [0.717, 1.165) is 6.42 Å². The van der Waals surface area contributed by atoms with Gasteiger partial charge in [-0.2, -0.15) is 8.42 Å². The minimum atomic E-state index is -4.61. The number of methoxy groups -OCH3 is 2. The Morgan fingerprint density at radius 3 is 1.91 bits per heavy atom. The lowest BCUT2D eigenvalue weighted by Gasteiger charge is -2.25. The summed E-state index contributed by atoms with van der Waals surface area (Å²) in [6.07, 6.45) is 2.64. The third-order valence-corrected chi connectivity index (χ3v) is 4.97. The Labute approximate surface area is 138 Å². The molecular formula is C16H26O6S. The van der Waals surface area contributed by atoms with Crippen LogP contribution in [-0.4, -0.2) is 32.3 Å². The molecule has 0 spiro atoms. The first-order chi connectivity index (χ1) is 10.8. The summed E-state index contributed by atoms with van der Waals surface area (Å²) in [5.41, 5.74) is 1.08. The summed E-state index contributed by atoms with van der Waals surface area (Å²) in [4.78, 5) is -0.465. The van der Waals surface area contributed by atoms with E-state index in [1.165, 1.54) is 14.2 Å². The van der Waals surface area contributed by atoms with E-state index in [2.05, 4.69) is 0 Å². The normalized spacial score (nSPS) is 11.8. The van der Waals surface area contributed by atoms with E-state index in [4.69, 9.17) is 9.47 Å². The van der Waals surface area contributed by atoms with Gasteiger partial charge in [0.15, 0.2) is 11.5 Å². The van der Waals surface area contributed by atoms with Gasteiger partial charge in [-0.05, 0) is 30.7 Å². The van der Waals surface area contributed by atoms with Crippen molar-refractivity contribution in [2.45, 2.75) is 57.3 Å². The predicted molar refractivity (Wildman–Crippen MR) is 88.3 cm³/mol. The molecule has 0 bridgehead atoms. The number of ether oxygens (including phenoxy) is 2. The van der Waals surface area contributed by atoms with Gasteiger partial charge < -0.3 is 14.6 Å². The molecule has 0 aliphatic carbocycles. The quantitative estimate of drug-likeness (QED) is 0.700. The van der Waals surface area contributed by atoms with Crippen LogP contribution in [0.5, 0.6) is 17.2 Å². The third kappa shape index (κ3) is 3.72. The van der Waals surface area contributed by atoms with Crippen molar-refractivity contribution in [1.29, 1.82) is 0 Å². The molecule has 0 atom stereocenters. The molecule has 132 valence electrons. The van der Waals surface area contributed by atoms with Crippen molar-refractivity contribution in [2.24, 2.45) is 0 Å². The average molecular weight is 346 g/mol. The van der Waals surface area contributed by atoms with Crippen molar-refractivity contribution in [2.75, 3.05) is 14.2 Å². The van der Waals surface area contributed by atoms with Crippen LogP contribution in [0.3, 0.4) is 0 Å². The largest absolute Gasteiger partial charge is 0.503 e. The second-order valence-corrected chi connectivity index (χ2v) is 6.73. The number of hydrogen-bond donors (Lipinski definition) is 2. The summed E-state index contributed by atoms with van der Waals surface area (Å²) in [7, 11) is -1.85. The van der Waals surface area contributed by atoms with E-state index in [0.29, 0.717) is 36.1 Å². The molecule has 0 amide bonds. The van der Waals surface area contributed by atoms with Gasteiger partial charge in [0.2, 0.25) is 5.75 Å². The average Bonchev–Trinajstić information content (AvgIpc) is 2.48. The van der Waals surface area contributed by atoms with Crippen molar-refractivity contribution >= 4 is 10.1 Å². The first kappa shape index (κ1) is 19.6. The zero-order valence-electron chi connectivity index (χ0n) is 14.3. The molecule has 6 nitrogen and oxygen atoms in total. The van der Waals surface area contributed by atoms with Gasteiger partial charge in [-0.15, -0.1) is 0 Å². The minimum Gasteiger partial charge on any atom is -0.503 e. The van der Waals surface area contributed by atoms with Gasteiger partial charge in [-0.1, -0.05) is 27.2 Å². The molecule has 7 heteroatoms. The highest BCUT2D eigenvalue weighted by atomic mass is 32.2. The van der Waals surface area contributed by atoms with Crippen molar-refractivity contribution in [3.8, 4) is 17.2 Å². The Balaban J connectivity index is 4.04. The van der Waals surface area contributed by atoms with E-state index in [9.17, 15) is 18.1 Å². The lowest BCUT2D eigenvalue weighted by molar-refractivity contribution is 0.322. The molecule has 23 heavy (non-hydrogen) atoms. The van der Waals surface area contributed by atoms with Gasteiger partial charge in [-0.3, -0.25) is 4.55 Å². The first-order valence-electron chi connectivity index (χ1n) is 7.75. The van der Waals surface area contributed by atoms with E-state index in [-0.39, 0.29) is 11.7 Å². The van der Waals surface area contributed by atoms with Gasteiger partial charge in [-0.25, -0.2) is 0 Å². The fourth-order valence-corrected chi connectivity index (χ4v) is 3.93. The number of aromatic hydroxyl groups is 1. The molecule has 0 aliphatic rings. The maximum absolute atomic E-state index is 11.9. The van der Waals surface area contributed by atoms with Crippen LogP contribution >= 0.6 is 0 Å². The molecule has 0 aromatic heterocycles. The maximum atomic E-state index is 11.9. The predicted octanol–water partition coefficient (Wildman–Crippen LogP) is 3.51. The smallest absolute Gasteiger partial charge is 0.298 e. The van der Waals surface area contributed by atoms with Crippen molar-refractivity contribution < 1.29 is 27.6 Å². The highest BCUT2D eigenvalue weighted by Crippen LogP contribution is 2.50. The van der Waals surface area contributed by atoms with Crippen LogP contribution in [0.4, 0.5) is 0 Å². The van der Waals surface area contributed by atoms with Gasteiger partial charge in [0, 0.05) is 5.56 Å². The van der Waals surface area contributed by atoms with Crippen LogP contribution in [0, 0.1) is 0 Å². The van der Waals surface area contributed by atoms with Crippen molar-refractivity contribution in [3.05, 3.63) is 11.1 Å². The first-order valence-corrected chi connectivity index (χ1v) is 9.19. The number of phenols is 1. The molecule has 0 heterocycles. The highest BCUT2D eigenvalue weighted by molar-refractivity contribution is 7.86. The summed E-state index contributed by atoms with van der Waals surface area (Å²) in [5, 5.41) is 10.4. The van der Waals surface area contributed by atoms with Gasteiger partial charge in [0.25, 0.3) is 10.1 Å². The summed E-state index contributed by atoms with van der Waals surface area (Å²) < 4.78 is 44.1. The molecule has 0 radical (unpaired) electrons. The Kier molecular flexibility index (Phi) is 6.70. The van der Waals surface area contributed by atoms with Gasteiger partial charge in [0.1, 0.15) is 4.90 Å². The van der Waals surface area contributed by atoms with Gasteiger partial charge >= 0.3 is 0 Å². The summed E-state index contributed by atoms with van der Waals surface area (Å²) in [5.74, 6) is -0.479. The third-order valence-electron chi connectivity index (χ3n) is 4.04. The standard InChI is InChI=1S/C16H26O6S/c1-6-9-11-12(10(7-2)8-3)16(23(18,19)20)13(17)15(22-5)14(11)21-4/h10,17H,6-9H2,1-5H3,(H,18,19,20). The Morgan fingerprint density at radius 1 is 1.04 bits per heavy atom. The minimum absolute atomic E-state index is 0.0710. The van der Waals surface area contributed by atoms with Crippen LogP contribution < -0.4 is 9.47 Å². The SMILES string of the molecule is CCCc1c(OC)c(OC)c(O)c(S(=O)(=O)O)c1C(CC)CC. The van der Waals surface area contributed by atoms with Crippen LogP contribution in [0.25, 0.3) is 0 Å². The van der Waals surface area contributed by atoms with E-state index in [1.807, 2.05) is 20.8 Å². The Morgan fingerprint density at radius 2 is 1.57 bits per heavy atom. The molecule has 0 fully saturated rings. The monoisotopic (exact) mass is 346 g/mol. The lowest BCUT2D eigenvalue weighted by Crippen LogP contribution is -2.13. The van der Waals surface area contributed by atoms with Crippen LogP contribution in [-0.2, 0) is 16.5 Å². The topological polar surface area (TPSA) is 93.1 Å².